The first-order valence-corrected chi connectivity index (χ1v) is 9.26. The highest BCUT2D eigenvalue weighted by Gasteiger charge is 2.38. The highest BCUT2D eigenvalue weighted by Crippen LogP contribution is 2.27. The first-order valence-electron chi connectivity index (χ1n) is 9.26. The van der Waals surface area contributed by atoms with Crippen molar-refractivity contribution in [2.24, 2.45) is 5.92 Å². The second-order valence-corrected chi connectivity index (χ2v) is 8.08. The van der Waals surface area contributed by atoms with Gasteiger partial charge in [-0.2, -0.15) is 0 Å². The van der Waals surface area contributed by atoms with E-state index >= 15 is 0 Å². The monoisotopic (exact) mass is 378 g/mol. The Hall–Kier alpha value is -2.28. The lowest BCUT2D eigenvalue weighted by atomic mass is 9.87. The zero-order valence-corrected chi connectivity index (χ0v) is 16.5. The molecular formula is C20H30N2O5. The first kappa shape index (κ1) is 21.0. The summed E-state index contributed by atoms with van der Waals surface area (Å²) in [6.07, 6.45) is 0.102. The number of piperidine rings is 1. The third kappa shape index (κ3) is 6.75. The Balaban J connectivity index is 1.80. The van der Waals surface area contributed by atoms with E-state index < -0.39 is 17.4 Å². The van der Waals surface area contributed by atoms with Crippen LogP contribution in [0.1, 0.15) is 46.1 Å². The number of nitrogens with one attached hydrogen (secondary N) is 1. The zero-order valence-electron chi connectivity index (χ0n) is 16.5. The number of benzene rings is 1. The molecule has 0 spiro atoms. The summed E-state index contributed by atoms with van der Waals surface area (Å²) in [5.74, 6) is -0.180. The molecule has 1 aliphatic rings. The van der Waals surface area contributed by atoms with Gasteiger partial charge in [0.25, 0.3) is 0 Å². The Bertz CT molecular complexity index is 632. The molecule has 1 aromatic carbocycles. The van der Waals surface area contributed by atoms with Crippen LogP contribution in [0.25, 0.3) is 0 Å². The fourth-order valence-corrected chi connectivity index (χ4v) is 3.02. The summed E-state index contributed by atoms with van der Waals surface area (Å²) in [5.41, 5.74) is -1.07. The molecule has 1 heterocycles. The summed E-state index contributed by atoms with van der Waals surface area (Å²) in [6, 6.07) is 9.34. The van der Waals surface area contributed by atoms with Crippen LogP contribution >= 0.6 is 0 Å². The van der Waals surface area contributed by atoms with Crippen LogP contribution in [0.4, 0.5) is 9.59 Å². The number of hydrogen-bond donors (Lipinski definition) is 2. The van der Waals surface area contributed by atoms with Crippen molar-refractivity contribution in [3.05, 3.63) is 35.9 Å². The Morgan fingerprint density at radius 1 is 1.15 bits per heavy atom. The van der Waals surface area contributed by atoms with E-state index in [1.54, 1.807) is 11.8 Å². The van der Waals surface area contributed by atoms with Gasteiger partial charge in [-0.15, -0.1) is 0 Å². The Morgan fingerprint density at radius 2 is 1.74 bits per heavy atom. The van der Waals surface area contributed by atoms with E-state index in [9.17, 15) is 14.7 Å². The number of rotatable bonds is 4. The van der Waals surface area contributed by atoms with Gasteiger partial charge in [-0.1, -0.05) is 30.3 Å². The van der Waals surface area contributed by atoms with Gasteiger partial charge in [0, 0.05) is 19.0 Å². The summed E-state index contributed by atoms with van der Waals surface area (Å²) in [4.78, 5) is 25.8. The van der Waals surface area contributed by atoms with Crippen molar-refractivity contribution < 1.29 is 24.2 Å². The summed E-state index contributed by atoms with van der Waals surface area (Å²) >= 11 is 0. The van der Waals surface area contributed by atoms with Crippen LogP contribution in [0, 0.1) is 5.92 Å². The van der Waals surface area contributed by atoms with E-state index in [4.69, 9.17) is 9.47 Å². The molecule has 0 bridgehead atoms. The molecule has 0 radical (unpaired) electrons. The molecule has 1 atom stereocenters. The number of carbonyl (C=O) groups is 2. The number of carbonyl (C=O) groups excluding carboxylic acids is 2. The number of aliphatic hydroxyl groups is 1. The summed E-state index contributed by atoms with van der Waals surface area (Å²) < 4.78 is 10.5. The maximum absolute atomic E-state index is 12.1. The summed E-state index contributed by atoms with van der Waals surface area (Å²) in [7, 11) is 0. The molecule has 2 amide bonds. The van der Waals surface area contributed by atoms with Crippen LogP contribution in [-0.4, -0.2) is 46.6 Å². The van der Waals surface area contributed by atoms with Crippen LogP contribution < -0.4 is 5.32 Å². The smallest absolute Gasteiger partial charge is 0.410 e. The normalized spacial score (nSPS) is 17.7. The molecule has 1 saturated heterocycles. The largest absolute Gasteiger partial charge is 0.445 e. The molecule has 0 aliphatic carbocycles. The molecule has 7 heteroatoms. The number of hydrogen-bond acceptors (Lipinski definition) is 5. The summed E-state index contributed by atoms with van der Waals surface area (Å²) in [6.45, 7) is 8.12. The maximum Gasteiger partial charge on any atom is 0.410 e. The van der Waals surface area contributed by atoms with Crippen molar-refractivity contribution in [1.82, 2.24) is 10.2 Å². The number of alkyl carbamates (subject to hydrolysis) is 1. The minimum atomic E-state index is -1.41. The van der Waals surface area contributed by atoms with Gasteiger partial charge >= 0.3 is 12.2 Å². The molecule has 2 rings (SSSR count). The van der Waals surface area contributed by atoms with Crippen molar-refractivity contribution in [3.8, 4) is 0 Å². The molecule has 1 fully saturated rings. The second kappa shape index (κ2) is 8.61. The van der Waals surface area contributed by atoms with Gasteiger partial charge in [-0.05, 0) is 46.1 Å². The van der Waals surface area contributed by atoms with Crippen LogP contribution in [0.5, 0.6) is 0 Å². The molecule has 0 aromatic heterocycles. The predicted molar refractivity (Wildman–Crippen MR) is 101 cm³/mol. The highest BCUT2D eigenvalue weighted by atomic mass is 16.6. The Kier molecular flexibility index (Phi) is 6.70. The van der Waals surface area contributed by atoms with Crippen molar-refractivity contribution in [1.29, 1.82) is 0 Å². The Morgan fingerprint density at radius 3 is 2.30 bits per heavy atom. The van der Waals surface area contributed by atoms with Gasteiger partial charge < -0.3 is 19.5 Å². The average Bonchev–Trinajstić information content (AvgIpc) is 2.59. The first-order chi connectivity index (χ1) is 12.6. The van der Waals surface area contributed by atoms with E-state index in [0.717, 1.165) is 5.56 Å². The SMILES string of the molecule is CC(C)(C)OC(=O)N1CCC(C(C)(O)NC(=O)OCc2ccccc2)CC1. The minimum Gasteiger partial charge on any atom is -0.445 e. The fourth-order valence-electron chi connectivity index (χ4n) is 3.02. The zero-order chi connectivity index (χ0) is 20.1. The molecule has 1 aliphatic heterocycles. The van der Waals surface area contributed by atoms with Gasteiger partial charge in [-0.3, -0.25) is 5.32 Å². The molecule has 1 unspecified atom stereocenters. The Labute approximate surface area is 160 Å². The van der Waals surface area contributed by atoms with Gasteiger partial charge in [0.1, 0.15) is 17.9 Å². The van der Waals surface area contributed by atoms with E-state index in [1.165, 1.54) is 0 Å². The lowest BCUT2D eigenvalue weighted by Gasteiger charge is -2.39. The summed E-state index contributed by atoms with van der Waals surface area (Å²) in [5, 5.41) is 13.2. The van der Waals surface area contributed by atoms with Gasteiger partial charge in [0.15, 0.2) is 0 Å². The third-order valence-corrected chi connectivity index (χ3v) is 4.51. The quantitative estimate of drug-likeness (QED) is 0.785. The maximum atomic E-state index is 12.1. The average molecular weight is 378 g/mol. The van der Waals surface area contributed by atoms with Crippen molar-refractivity contribution in [2.45, 2.75) is 58.5 Å². The number of nitrogens with zero attached hydrogens (tertiary/aromatic N) is 1. The second-order valence-electron chi connectivity index (χ2n) is 8.08. The molecule has 150 valence electrons. The highest BCUT2D eigenvalue weighted by molar-refractivity contribution is 5.68. The lowest BCUT2D eigenvalue weighted by molar-refractivity contribution is -0.0553. The van der Waals surface area contributed by atoms with Crippen LogP contribution in [0.2, 0.25) is 0 Å². The van der Waals surface area contributed by atoms with Crippen LogP contribution in [0.15, 0.2) is 30.3 Å². The standard InChI is InChI=1S/C20H30N2O5/c1-19(2,3)27-18(24)22-12-10-16(11-13-22)20(4,25)21-17(23)26-14-15-8-6-5-7-9-15/h5-9,16,25H,10-14H2,1-4H3,(H,21,23). The van der Waals surface area contributed by atoms with E-state index in [2.05, 4.69) is 5.32 Å². The van der Waals surface area contributed by atoms with Crippen LogP contribution in [0.3, 0.4) is 0 Å². The number of likely N-dealkylation sites (tertiary alicyclic amines) is 1. The topological polar surface area (TPSA) is 88.1 Å². The van der Waals surface area contributed by atoms with E-state index in [0.29, 0.717) is 25.9 Å². The van der Waals surface area contributed by atoms with Gasteiger partial charge in [-0.25, -0.2) is 9.59 Å². The van der Waals surface area contributed by atoms with Crippen molar-refractivity contribution >= 4 is 12.2 Å². The molecule has 7 nitrogen and oxygen atoms in total. The molecule has 2 N–H and O–H groups in total. The molecular weight excluding hydrogens is 348 g/mol. The number of ether oxygens (including phenoxy) is 2. The predicted octanol–water partition coefficient (Wildman–Crippen LogP) is 3.27. The minimum absolute atomic E-state index is 0.139. The molecule has 0 saturated carbocycles. The molecule has 27 heavy (non-hydrogen) atoms. The van der Waals surface area contributed by atoms with Crippen molar-refractivity contribution in [3.63, 3.8) is 0 Å². The van der Waals surface area contributed by atoms with E-state index in [1.807, 2.05) is 51.1 Å². The van der Waals surface area contributed by atoms with Crippen LogP contribution in [-0.2, 0) is 16.1 Å². The lowest BCUT2D eigenvalue weighted by Crippen LogP contribution is -2.55. The van der Waals surface area contributed by atoms with Gasteiger partial charge in [0.05, 0.1) is 0 Å². The third-order valence-electron chi connectivity index (χ3n) is 4.51. The van der Waals surface area contributed by atoms with Gasteiger partial charge in [0.2, 0.25) is 0 Å². The van der Waals surface area contributed by atoms with Crippen molar-refractivity contribution in [2.75, 3.05) is 13.1 Å². The fraction of sp³-hybridized carbons (Fsp3) is 0.600. The number of amides is 2. The molecule has 1 aromatic rings. The van der Waals surface area contributed by atoms with E-state index in [-0.39, 0.29) is 18.6 Å².